The van der Waals surface area contributed by atoms with E-state index in [1.165, 1.54) is 0 Å². The van der Waals surface area contributed by atoms with Gasteiger partial charge in [-0.1, -0.05) is 30.5 Å². The van der Waals surface area contributed by atoms with Crippen molar-refractivity contribution in [3.05, 3.63) is 38.9 Å². The van der Waals surface area contributed by atoms with Crippen LogP contribution in [0.2, 0.25) is 4.34 Å². The van der Waals surface area contributed by atoms with Gasteiger partial charge in [-0.3, -0.25) is 0 Å². The van der Waals surface area contributed by atoms with Crippen LogP contribution < -0.4 is 0 Å². The van der Waals surface area contributed by atoms with E-state index in [1.54, 1.807) is 27.8 Å². The van der Waals surface area contributed by atoms with E-state index in [9.17, 15) is 8.42 Å². The molecule has 0 spiro atoms. The number of sulfonamides is 1. The first-order valence-corrected chi connectivity index (χ1v) is 10.4. The Kier molecular flexibility index (Phi) is 4.71. The fourth-order valence-corrected chi connectivity index (χ4v) is 6.91. The normalized spacial score (nSPS) is 21.3. The maximum absolute atomic E-state index is 12.9. The van der Waals surface area contributed by atoms with Crippen LogP contribution in [0.4, 0.5) is 0 Å². The third-order valence-corrected chi connectivity index (χ3v) is 8.27. The minimum Gasteiger partial charge on any atom is -0.206 e. The van der Waals surface area contributed by atoms with E-state index in [2.05, 4.69) is 0 Å². The SMILES string of the molecule is O=S(=O)(c1ccc(Cl)s1)N1CCCCC[C@@H]1c1cccs1. The zero-order chi connectivity index (χ0) is 14.9. The first-order valence-electron chi connectivity index (χ1n) is 6.89. The molecule has 0 aromatic carbocycles. The second-order valence-electron chi connectivity index (χ2n) is 5.05. The van der Waals surface area contributed by atoms with Crippen molar-refractivity contribution in [1.82, 2.24) is 4.31 Å². The lowest BCUT2D eigenvalue weighted by atomic mass is 10.1. The van der Waals surface area contributed by atoms with E-state index in [0.717, 1.165) is 41.9 Å². The molecule has 1 fully saturated rings. The summed E-state index contributed by atoms with van der Waals surface area (Å²) in [5.74, 6) is 0. The fourth-order valence-electron chi connectivity index (χ4n) is 2.69. The lowest BCUT2D eigenvalue weighted by Gasteiger charge is -2.27. The van der Waals surface area contributed by atoms with Crippen LogP contribution in [0, 0.1) is 0 Å². The van der Waals surface area contributed by atoms with E-state index in [4.69, 9.17) is 11.6 Å². The molecule has 0 aliphatic carbocycles. The van der Waals surface area contributed by atoms with Gasteiger partial charge in [-0.05, 0) is 36.4 Å². The average molecular weight is 362 g/mol. The van der Waals surface area contributed by atoms with Crippen molar-refractivity contribution >= 4 is 44.3 Å². The second kappa shape index (κ2) is 6.38. The quantitative estimate of drug-likeness (QED) is 0.789. The lowest BCUT2D eigenvalue weighted by Crippen LogP contribution is -2.34. The Labute approximate surface area is 138 Å². The average Bonchev–Trinajstić information content (AvgIpc) is 3.06. The summed E-state index contributed by atoms with van der Waals surface area (Å²) in [4.78, 5) is 1.13. The highest BCUT2D eigenvalue weighted by Gasteiger charge is 2.34. The van der Waals surface area contributed by atoms with Gasteiger partial charge in [0.05, 0.1) is 10.4 Å². The Balaban J connectivity index is 1.99. The molecule has 1 aliphatic heterocycles. The summed E-state index contributed by atoms with van der Waals surface area (Å²) in [5.41, 5.74) is 0. The summed E-state index contributed by atoms with van der Waals surface area (Å²) in [6.07, 6.45) is 3.96. The molecule has 114 valence electrons. The van der Waals surface area contributed by atoms with E-state index in [-0.39, 0.29) is 6.04 Å². The number of hydrogen-bond acceptors (Lipinski definition) is 4. The lowest BCUT2D eigenvalue weighted by molar-refractivity contribution is 0.334. The second-order valence-corrected chi connectivity index (χ2v) is 9.87. The van der Waals surface area contributed by atoms with Gasteiger partial charge < -0.3 is 0 Å². The molecule has 1 atom stereocenters. The molecule has 0 amide bonds. The van der Waals surface area contributed by atoms with Crippen molar-refractivity contribution in [1.29, 1.82) is 0 Å². The van der Waals surface area contributed by atoms with Gasteiger partial charge in [0.1, 0.15) is 4.21 Å². The van der Waals surface area contributed by atoms with Gasteiger partial charge in [0.2, 0.25) is 0 Å². The van der Waals surface area contributed by atoms with Crippen molar-refractivity contribution in [2.45, 2.75) is 35.9 Å². The van der Waals surface area contributed by atoms with E-state index >= 15 is 0 Å². The van der Waals surface area contributed by atoms with Crippen LogP contribution in [0.5, 0.6) is 0 Å². The molecule has 21 heavy (non-hydrogen) atoms. The van der Waals surface area contributed by atoms with Crippen LogP contribution in [0.3, 0.4) is 0 Å². The maximum atomic E-state index is 12.9. The number of halogens is 1. The number of thiophene rings is 2. The molecule has 0 radical (unpaired) electrons. The maximum Gasteiger partial charge on any atom is 0.253 e. The van der Waals surface area contributed by atoms with Crippen molar-refractivity contribution in [2.24, 2.45) is 0 Å². The van der Waals surface area contributed by atoms with Crippen LogP contribution in [-0.2, 0) is 10.0 Å². The van der Waals surface area contributed by atoms with Crippen molar-refractivity contribution in [2.75, 3.05) is 6.54 Å². The van der Waals surface area contributed by atoms with Crippen LogP contribution in [0.25, 0.3) is 0 Å². The first kappa shape index (κ1) is 15.5. The summed E-state index contributed by atoms with van der Waals surface area (Å²) < 4.78 is 28.4. The Hall–Kier alpha value is -0.400. The summed E-state index contributed by atoms with van der Waals surface area (Å²) in [7, 11) is -3.47. The standard InChI is InChI=1S/C14H16ClNO2S3/c15-13-7-8-14(20-13)21(17,18)16-9-3-1-2-5-11(16)12-6-4-10-19-12/h4,6-8,10-11H,1-3,5,9H2/t11-/m1/s1. The van der Waals surface area contributed by atoms with Crippen LogP contribution in [-0.4, -0.2) is 19.3 Å². The van der Waals surface area contributed by atoms with Gasteiger partial charge in [0.15, 0.2) is 0 Å². The summed E-state index contributed by atoms with van der Waals surface area (Å²) >= 11 is 8.67. The van der Waals surface area contributed by atoms with Gasteiger partial charge >= 0.3 is 0 Å². The van der Waals surface area contributed by atoms with Gasteiger partial charge in [-0.25, -0.2) is 8.42 Å². The monoisotopic (exact) mass is 361 g/mol. The van der Waals surface area contributed by atoms with Gasteiger partial charge in [0.25, 0.3) is 10.0 Å². The summed E-state index contributed by atoms with van der Waals surface area (Å²) in [6.45, 7) is 0.584. The minimum absolute atomic E-state index is 0.0432. The highest BCUT2D eigenvalue weighted by Crippen LogP contribution is 2.38. The van der Waals surface area contributed by atoms with Crippen LogP contribution in [0.15, 0.2) is 33.9 Å². The minimum atomic E-state index is -3.47. The third-order valence-electron chi connectivity index (χ3n) is 3.69. The summed E-state index contributed by atoms with van der Waals surface area (Å²) in [6, 6.07) is 7.23. The topological polar surface area (TPSA) is 37.4 Å². The highest BCUT2D eigenvalue weighted by atomic mass is 35.5. The van der Waals surface area contributed by atoms with Gasteiger partial charge in [-0.15, -0.1) is 22.7 Å². The van der Waals surface area contributed by atoms with Gasteiger partial charge in [0, 0.05) is 11.4 Å². The first-order chi connectivity index (χ1) is 10.1. The number of nitrogens with zero attached hydrogens (tertiary/aromatic N) is 1. The Morgan fingerprint density at radius 1 is 1.19 bits per heavy atom. The fraction of sp³-hybridized carbons (Fsp3) is 0.429. The molecular formula is C14H16ClNO2S3. The molecule has 2 aromatic rings. The summed E-state index contributed by atoms with van der Waals surface area (Å²) in [5, 5.41) is 2.01. The largest absolute Gasteiger partial charge is 0.253 e. The Morgan fingerprint density at radius 2 is 2.05 bits per heavy atom. The number of rotatable bonds is 3. The zero-order valence-corrected chi connectivity index (χ0v) is 14.6. The van der Waals surface area contributed by atoms with Gasteiger partial charge in [-0.2, -0.15) is 4.31 Å². The number of hydrogen-bond donors (Lipinski definition) is 0. The molecule has 3 heterocycles. The van der Waals surface area contributed by atoms with E-state index in [1.807, 2.05) is 17.5 Å². The molecule has 1 saturated heterocycles. The zero-order valence-electron chi connectivity index (χ0n) is 11.4. The van der Waals surface area contributed by atoms with Crippen LogP contribution in [0.1, 0.15) is 36.6 Å². The molecule has 0 saturated carbocycles. The smallest absolute Gasteiger partial charge is 0.206 e. The molecule has 3 nitrogen and oxygen atoms in total. The molecule has 7 heteroatoms. The predicted molar refractivity (Wildman–Crippen MR) is 88.7 cm³/mol. The molecule has 0 bridgehead atoms. The predicted octanol–water partition coefficient (Wildman–Crippen LogP) is 4.77. The third kappa shape index (κ3) is 3.19. The van der Waals surface area contributed by atoms with Crippen molar-refractivity contribution < 1.29 is 8.42 Å². The Morgan fingerprint density at radius 3 is 2.71 bits per heavy atom. The van der Waals surface area contributed by atoms with Crippen LogP contribution >= 0.6 is 34.3 Å². The molecular weight excluding hydrogens is 346 g/mol. The Bertz CT molecular complexity index is 694. The highest BCUT2D eigenvalue weighted by molar-refractivity contribution is 7.91. The van der Waals surface area contributed by atoms with Crippen molar-refractivity contribution in [3.63, 3.8) is 0 Å². The van der Waals surface area contributed by atoms with Crippen molar-refractivity contribution in [3.8, 4) is 0 Å². The molecule has 3 rings (SSSR count). The molecule has 0 N–H and O–H groups in total. The molecule has 2 aromatic heterocycles. The molecule has 0 unspecified atom stereocenters. The van der Waals surface area contributed by atoms with E-state index in [0.29, 0.717) is 15.1 Å². The molecule has 1 aliphatic rings. The van der Waals surface area contributed by atoms with E-state index < -0.39 is 10.0 Å².